The number of carbonyl (C=O) groups excluding carboxylic acids is 1. The molecule has 8 nitrogen and oxygen atoms in total. The van der Waals surface area contributed by atoms with E-state index in [9.17, 15) is 4.79 Å². The minimum atomic E-state index is -0.00601. The number of hydrogen-bond donors (Lipinski definition) is 0. The number of methoxy groups -OCH3 is 1. The van der Waals surface area contributed by atoms with Crippen LogP contribution in [0.25, 0.3) is 27.6 Å². The van der Waals surface area contributed by atoms with Crippen LogP contribution in [-0.4, -0.2) is 63.8 Å². The molecule has 0 saturated carbocycles. The molecule has 0 atom stereocenters. The molecule has 0 unspecified atom stereocenters. The van der Waals surface area contributed by atoms with Crippen LogP contribution in [0.1, 0.15) is 21.6 Å². The van der Waals surface area contributed by atoms with Crippen LogP contribution in [0.2, 0.25) is 0 Å². The van der Waals surface area contributed by atoms with Gasteiger partial charge < -0.3 is 14.5 Å². The number of ether oxygens (including phenoxy) is 1. The van der Waals surface area contributed by atoms with Crippen molar-refractivity contribution in [2.75, 3.05) is 38.2 Å². The van der Waals surface area contributed by atoms with Gasteiger partial charge in [0.1, 0.15) is 17.1 Å². The van der Waals surface area contributed by atoms with Gasteiger partial charge in [0.25, 0.3) is 5.91 Å². The van der Waals surface area contributed by atoms with Crippen molar-refractivity contribution in [3.05, 3.63) is 83.7 Å². The lowest BCUT2D eigenvalue weighted by Gasteiger charge is -2.35. The van der Waals surface area contributed by atoms with E-state index in [1.807, 2.05) is 60.4 Å². The second kappa shape index (κ2) is 9.20. The maximum absolute atomic E-state index is 13.4. The molecule has 1 aliphatic heterocycles. The van der Waals surface area contributed by atoms with Gasteiger partial charge in [0, 0.05) is 37.0 Å². The van der Waals surface area contributed by atoms with Crippen molar-refractivity contribution in [1.82, 2.24) is 24.6 Å². The lowest BCUT2D eigenvalue weighted by Crippen LogP contribution is -2.49. The first kappa shape index (κ1) is 23.0. The van der Waals surface area contributed by atoms with E-state index < -0.39 is 0 Å². The van der Waals surface area contributed by atoms with E-state index in [0.717, 1.165) is 44.6 Å². The van der Waals surface area contributed by atoms with Gasteiger partial charge >= 0.3 is 0 Å². The molecule has 1 amide bonds. The van der Waals surface area contributed by atoms with Gasteiger partial charge in [-0.2, -0.15) is 5.10 Å². The van der Waals surface area contributed by atoms with Gasteiger partial charge in [-0.25, -0.2) is 14.6 Å². The van der Waals surface area contributed by atoms with Crippen LogP contribution in [0.4, 0.5) is 5.82 Å². The summed E-state index contributed by atoms with van der Waals surface area (Å²) in [4.78, 5) is 27.2. The third kappa shape index (κ3) is 4.04. The molecule has 8 heteroatoms. The van der Waals surface area contributed by atoms with E-state index in [4.69, 9.17) is 14.7 Å². The molecule has 1 saturated heterocycles. The Labute approximate surface area is 215 Å². The highest BCUT2D eigenvalue weighted by atomic mass is 16.5. The summed E-state index contributed by atoms with van der Waals surface area (Å²) in [5.41, 5.74) is 4.31. The second-order valence-electron chi connectivity index (χ2n) is 9.35. The third-order valence-corrected chi connectivity index (χ3v) is 7.15. The summed E-state index contributed by atoms with van der Waals surface area (Å²) in [6.07, 6.45) is 1.65. The summed E-state index contributed by atoms with van der Waals surface area (Å²) in [7, 11) is 1.67. The molecule has 0 spiro atoms. The quantitative estimate of drug-likeness (QED) is 0.366. The number of aryl methyl sites for hydroxylation is 1. The first-order valence-electron chi connectivity index (χ1n) is 12.4. The molecule has 1 fully saturated rings. The van der Waals surface area contributed by atoms with Gasteiger partial charge in [-0.3, -0.25) is 4.79 Å². The lowest BCUT2D eigenvalue weighted by molar-refractivity contribution is 0.0745. The molecule has 0 bridgehead atoms. The van der Waals surface area contributed by atoms with Gasteiger partial charge in [-0.1, -0.05) is 30.3 Å². The van der Waals surface area contributed by atoms with E-state index >= 15 is 0 Å². The highest BCUT2D eigenvalue weighted by molar-refractivity contribution is 5.95. The van der Waals surface area contributed by atoms with Gasteiger partial charge in [0.05, 0.1) is 30.1 Å². The van der Waals surface area contributed by atoms with Crippen LogP contribution in [0.5, 0.6) is 5.75 Å². The molecule has 3 aromatic heterocycles. The number of para-hydroxylation sites is 2. The summed E-state index contributed by atoms with van der Waals surface area (Å²) in [6, 6.07) is 20.0. The Morgan fingerprint density at radius 2 is 1.70 bits per heavy atom. The van der Waals surface area contributed by atoms with Crippen LogP contribution >= 0.6 is 0 Å². The fourth-order valence-electron chi connectivity index (χ4n) is 5.03. The largest absolute Gasteiger partial charge is 0.494 e. The summed E-state index contributed by atoms with van der Waals surface area (Å²) in [5, 5.41) is 6.66. The smallest absolute Gasteiger partial charge is 0.257 e. The number of aromatic nitrogens is 4. The second-order valence-corrected chi connectivity index (χ2v) is 9.35. The van der Waals surface area contributed by atoms with Gasteiger partial charge in [0.15, 0.2) is 5.82 Å². The Morgan fingerprint density at radius 3 is 2.51 bits per heavy atom. The first-order chi connectivity index (χ1) is 18.0. The molecule has 1 aliphatic rings. The van der Waals surface area contributed by atoms with Crippen LogP contribution in [0.15, 0.2) is 66.9 Å². The van der Waals surface area contributed by atoms with E-state index in [0.29, 0.717) is 37.6 Å². The molecule has 186 valence electrons. The number of fused-ring (bicyclic) bond motifs is 2. The van der Waals surface area contributed by atoms with Crippen molar-refractivity contribution in [1.29, 1.82) is 0 Å². The maximum Gasteiger partial charge on any atom is 0.257 e. The highest BCUT2D eigenvalue weighted by Crippen LogP contribution is 2.29. The first-order valence-corrected chi connectivity index (χ1v) is 12.4. The molecule has 5 aromatic rings. The molecular weight excluding hydrogens is 464 g/mol. The molecule has 0 N–H and O–H groups in total. The predicted octanol–water partition coefficient (Wildman–Crippen LogP) is 4.56. The van der Waals surface area contributed by atoms with E-state index in [1.54, 1.807) is 18.0 Å². The van der Waals surface area contributed by atoms with Crippen molar-refractivity contribution >= 4 is 33.5 Å². The minimum absolute atomic E-state index is 0.00601. The van der Waals surface area contributed by atoms with Crippen molar-refractivity contribution < 1.29 is 9.53 Å². The number of amides is 1. The molecule has 2 aromatic carbocycles. The zero-order valence-corrected chi connectivity index (χ0v) is 21.2. The topological polar surface area (TPSA) is 76.4 Å². The molecular formula is C29H28N6O2. The number of pyridine rings is 2. The van der Waals surface area contributed by atoms with Gasteiger partial charge in [-0.05, 0) is 49.7 Å². The van der Waals surface area contributed by atoms with Crippen molar-refractivity contribution in [2.45, 2.75) is 13.8 Å². The van der Waals surface area contributed by atoms with Crippen LogP contribution < -0.4 is 9.64 Å². The monoisotopic (exact) mass is 492 g/mol. The Balaban J connectivity index is 1.20. The summed E-state index contributed by atoms with van der Waals surface area (Å²) in [6.45, 7) is 6.65. The third-order valence-electron chi connectivity index (χ3n) is 7.15. The van der Waals surface area contributed by atoms with Crippen molar-refractivity contribution in [2.24, 2.45) is 0 Å². The Kier molecular flexibility index (Phi) is 5.71. The number of hydrogen-bond acceptors (Lipinski definition) is 6. The Morgan fingerprint density at radius 1 is 0.892 bits per heavy atom. The minimum Gasteiger partial charge on any atom is -0.494 e. The zero-order valence-electron chi connectivity index (χ0n) is 21.2. The number of benzene rings is 2. The van der Waals surface area contributed by atoms with Crippen LogP contribution in [-0.2, 0) is 0 Å². The molecule has 37 heavy (non-hydrogen) atoms. The lowest BCUT2D eigenvalue weighted by atomic mass is 10.1. The fourth-order valence-corrected chi connectivity index (χ4v) is 5.03. The predicted molar refractivity (Wildman–Crippen MR) is 145 cm³/mol. The fraction of sp³-hybridized carbons (Fsp3) is 0.241. The number of nitrogens with zero attached hydrogens (tertiary/aromatic N) is 6. The van der Waals surface area contributed by atoms with Gasteiger partial charge in [-0.15, -0.1) is 0 Å². The Hall–Kier alpha value is -4.46. The zero-order chi connectivity index (χ0) is 25.5. The number of rotatable bonds is 4. The molecule has 0 radical (unpaired) electrons. The average molecular weight is 493 g/mol. The average Bonchev–Trinajstić information content (AvgIpc) is 3.33. The van der Waals surface area contributed by atoms with E-state index in [-0.39, 0.29) is 5.91 Å². The van der Waals surface area contributed by atoms with Crippen molar-refractivity contribution in [3.8, 4) is 11.6 Å². The standard InChI is InChI=1S/C29H28N6O2/c1-19-17-27(32-28-22(19)8-6-10-25(28)37-3)33-13-15-34(16-14-33)29(36)23-18-30-35(20(23)2)26-12-11-21-7-4-5-9-24(21)31-26/h4-12,17-18H,13-16H2,1-3H3. The summed E-state index contributed by atoms with van der Waals surface area (Å²) < 4.78 is 7.28. The van der Waals surface area contributed by atoms with E-state index in [1.165, 1.54) is 0 Å². The van der Waals surface area contributed by atoms with Gasteiger partial charge in [0.2, 0.25) is 0 Å². The molecule has 0 aliphatic carbocycles. The van der Waals surface area contributed by atoms with Crippen LogP contribution in [0, 0.1) is 13.8 Å². The van der Waals surface area contributed by atoms with Crippen LogP contribution in [0.3, 0.4) is 0 Å². The normalized spacial score (nSPS) is 13.9. The van der Waals surface area contributed by atoms with Crippen molar-refractivity contribution in [3.63, 3.8) is 0 Å². The Bertz CT molecular complexity index is 1630. The highest BCUT2D eigenvalue weighted by Gasteiger charge is 2.26. The SMILES string of the molecule is COc1cccc2c(C)cc(N3CCN(C(=O)c4cnn(-c5ccc6ccccc6n5)c4C)CC3)nc12. The number of piperazine rings is 1. The molecule has 6 rings (SSSR count). The number of anilines is 1. The number of carbonyl (C=O) groups is 1. The summed E-state index contributed by atoms with van der Waals surface area (Å²) in [5.74, 6) is 2.37. The molecule has 4 heterocycles. The van der Waals surface area contributed by atoms with E-state index in [2.05, 4.69) is 29.1 Å². The maximum atomic E-state index is 13.4. The summed E-state index contributed by atoms with van der Waals surface area (Å²) >= 11 is 0.